The van der Waals surface area contributed by atoms with Gasteiger partial charge < -0.3 is 14.9 Å². The number of piperidine rings is 1. The van der Waals surface area contributed by atoms with Gasteiger partial charge in [-0.2, -0.15) is 0 Å². The van der Waals surface area contributed by atoms with Gasteiger partial charge in [0.25, 0.3) is 0 Å². The van der Waals surface area contributed by atoms with E-state index in [-0.39, 0.29) is 24.9 Å². The third kappa shape index (κ3) is 5.83. The number of hydrogen-bond acceptors (Lipinski definition) is 6. The fourth-order valence-electron chi connectivity index (χ4n) is 3.53. The molecule has 0 saturated carbocycles. The summed E-state index contributed by atoms with van der Waals surface area (Å²) in [6, 6.07) is 1.14. The van der Waals surface area contributed by atoms with Gasteiger partial charge in [-0.3, -0.25) is 15.0 Å². The average Bonchev–Trinajstić information content (AvgIpc) is 2.61. The first-order chi connectivity index (χ1) is 13.4. The van der Waals surface area contributed by atoms with Crippen LogP contribution in [0.15, 0.2) is 18.2 Å². The molecule has 10 heteroatoms. The molecule has 1 aromatic carbocycles. The number of aliphatic hydroxyl groups excluding tert-OH is 2. The number of hydrogen-bond donors (Lipinski definition) is 2. The van der Waals surface area contributed by atoms with Crippen molar-refractivity contribution >= 4 is 6.09 Å². The first-order valence-electron chi connectivity index (χ1n) is 9.30. The summed E-state index contributed by atoms with van der Waals surface area (Å²) in [5.41, 5.74) is -0.601. The minimum atomic E-state index is -1.27. The van der Waals surface area contributed by atoms with E-state index in [1.165, 1.54) is 11.0 Å². The van der Waals surface area contributed by atoms with Crippen LogP contribution in [0.5, 0.6) is 0 Å². The highest BCUT2D eigenvalue weighted by Gasteiger charge is 2.46. The summed E-state index contributed by atoms with van der Waals surface area (Å²) in [6.07, 6.45) is -1.95. The minimum absolute atomic E-state index is 0.0209. The van der Waals surface area contributed by atoms with Crippen molar-refractivity contribution in [3.8, 4) is 0 Å². The van der Waals surface area contributed by atoms with Crippen molar-refractivity contribution in [3.05, 3.63) is 45.5 Å². The predicted molar refractivity (Wildman–Crippen MR) is 98.9 cm³/mol. The summed E-state index contributed by atoms with van der Waals surface area (Å²) in [6.45, 7) is 4.09. The number of carbonyl (C=O) groups excluding carboxylic acids is 1. The van der Waals surface area contributed by atoms with Crippen molar-refractivity contribution in [1.82, 2.24) is 4.90 Å². The Balaban J connectivity index is 2.38. The van der Waals surface area contributed by atoms with Crippen LogP contribution in [0.3, 0.4) is 0 Å². The summed E-state index contributed by atoms with van der Waals surface area (Å²) in [5, 5.41) is 30.8. The maximum atomic E-state index is 13.7. The molecule has 1 aliphatic rings. The number of rotatable bonds is 5. The molecule has 1 aliphatic heterocycles. The third-order valence-electron chi connectivity index (χ3n) is 4.84. The number of halogens is 2. The molecule has 0 aromatic heterocycles. The Labute approximate surface area is 167 Å². The molecule has 29 heavy (non-hydrogen) atoms. The van der Waals surface area contributed by atoms with Crippen LogP contribution in [0.4, 0.5) is 13.6 Å². The summed E-state index contributed by atoms with van der Waals surface area (Å²) in [4.78, 5) is 25.0. The zero-order chi connectivity index (χ0) is 21.9. The predicted octanol–water partition coefficient (Wildman–Crippen LogP) is 2.45. The van der Waals surface area contributed by atoms with E-state index in [0.717, 1.165) is 12.1 Å². The van der Waals surface area contributed by atoms with Crippen LogP contribution in [0, 0.1) is 21.7 Å². The third-order valence-corrected chi connectivity index (χ3v) is 4.84. The van der Waals surface area contributed by atoms with Crippen LogP contribution in [-0.2, 0) is 4.74 Å². The molecule has 0 spiro atoms. The lowest BCUT2D eigenvalue weighted by Crippen LogP contribution is -2.55. The molecule has 1 amide bonds. The zero-order valence-electron chi connectivity index (χ0n) is 16.5. The van der Waals surface area contributed by atoms with E-state index in [4.69, 9.17) is 4.74 Å². The summed E-state index contributed by atoms with van der Waals surface area (Å²) in [5.74, 6) is -2.99. The molecule has 162 valence electrons. The van der Waals surface area contributed by atoms with Crippen molar-refractivity contribution in [2.75, 3.05) is 13.2 Å². The highest BCUT2D eigenvalue weighted by molar-refractivity contribution is 5.69. The van der Waals surface area contributed by atoms with E-state index in [2.05, 4.69) is 0 Å². The van der Waals surface area contributed by atoms with Crippen molar-refractivity contribution in [1.29, 1.82) is 0 Å². The van der Waals surface area contributed by atoms with Crippen LogP contribution in [0.25, 0.3) is 0 Å². The fourth-order valence-corrected chi connectivity index (χ4v) is 3.53. The van der Waals surface area contributed by atoms with Gasteiger partial charge in [-0.15, -0.1) is 0 Å². The molecule has 1 fully saturated rings. The Morgan fingerprint density at radius 1 is 1.38 bits per heavy atom. The van der Waals surface area contributed by atoms with E-state index < -0.39 is 59.0 Å². The Bertz CT molecular complexity index is 755. The number of amides is 1. The molecule has 8 nitrogen and oxygen atoms in total. The molecule has 0 radical (unpaired) electrons. The van der Waals surface area contributed by atoms with Gasteiger partial charge in [0.05, 0.1) is 25.2 Å². The van der Waals surface area contributed by atoms with Crippen molar-refractivity contribution < 1.29 is 33.4 Å². The first kappa shape index (κ1) is 23.0. The van der Waals surface area contributed by atoms with Crippen LogP contribution in [0.1, 0.15) is 45.1 Å². The van der Waals surface area contributed by atoms with Gasteiger partial charge in [-0.1, -0.05) is 6.07 Å². The van der Waals surface area contributed by atoms with Crippen LogP contribution >= 0.6 is 0 Å². The normalized spacial score (nSPS) is 23.6. The topological polar surface area (TPSA) is 113 Å². The maximum Gasteiger partial charge on any atom is 0.410 e. The van der Waals surface area contributed by atoms with Gasteiger partial charge in [-0.25, -0.2) is 13.6 Å². The lowest BCUT2D eigenvalue weighted by Gasteiger charge is -2.41. The smallest absolute Gasteiger partial charge is 0.410 e. The number of carbonyl (C=O) groups is 1. The van der Waals surface area contributed by atoms with Gasteiger partial charge >= 0.3 is 6.09 Å². The quantitative estimate of drug-likeness (QED) is 0.563. The number of nitro groups is 1. The molecule has 0 aliphatic carbocycles. The Morgan fingerprint density at radius 2 is 2.03 bits per heavy atom. The number of aliphatic hydroxyl groups is 2. The molecular weight excluding hydrogens is 390 g/mol. The molecule has 1 saturated heterocycles. The molecule has 1 heterocycles. The lowest BCUT2D eigenvalue weighted by atomic mass is 9.80. The second-order valence-electron chi connectivity index (χ2n) is 8.23. The van der Waals surface area contributed by atoms with Gasteiger partial charge in [0.2, 0.25) is 6.04 Å². The molecule has 2 N–H and O–H groups in total. The lowest BCUT2D eigenvalue weighted by molar-refractivity contribution is -0.530. The highest BCUT2D eigenvalue weighted by Crippen LogP contribution is 2.36. The Hall–Kier alpha value is -2.33. The van der Waals surface area contributed by atoms with Crippen LogP contribution < -0.4 is 0 Å². The van der Waals surface area contributed by atoms with Gasteiger partial charge in [0, 0.05) is 11.0 Å². The van der Waals surface area contributed by atoms with Crippen molar-refractivity contribution in [2.24, 2.45) is 0 Å². The van der Waals surface area contributed by atoms with E-state index in [1.54, 1.807) is 20.8 Å². The molecular formula is C19H26F2N2O6. The van der Waals surface area contributed by atoms with Crippen LogP contribution in [0.2, 0.25) is 0 Å². The first-order valence-corrected chi connectivity index (χ1v) is 9.30. The molecule has 1 aromatic rings. The van der Waals surface area contributed by atoms with Crippen molar-refractivity contribution in [3.63, 3.8) is 0 Å². The second-order valence-corrected chi connectivity index (χ2v) is 8.23. The zero-order valence-corrected chi connectivity index (χ0v) is 16.5. The summed E-state index contributed by atoms with van der Waals surface area (Å²) in [7, 11) is 0. The van der Waals surface area contributed by atoms with E-state index >= 15 is 0 Å². The largest absolute Gasteiger partial charge is 0.444 e. The van der Waals surface area contributed by atoms with E-state index in [0.29, 0.717) is 0 Å². The molecule has 2 rings (SSSR count). The van der Waals surface area contributed by atoms with E-state index in [1.807, 2.05) is 0 Å². The number of likely N-dealkylation sites (tertiary alicyclic amines) is 1. The number of nitrogens with zero attached hydrogens (tertiary/aromatic N) is 2. The molecule has 0 bridgehead atoms. The Kier molecular flexibility index (Phi) is 7.12. The highest BCUT2D eigenvalue weighted by atomic mass is 19.2. The molecule has 4 atom stereocenters. The second kappa shape index (κ2) is 9.00. The Morgan fingerprint density at radius 3 is 2.55 bits per heavy atom. The summed E-state index contributed by atoms with van der Waals surface area (Å²) < 4.78 is 32.4. The van der Waals surface area contributed by atoms with Gasteiger partial charge in [0.1, 0.15) is 5.60 Å². The molecule has 2 unspecified atom stereocenters. The fraction of sp³-hybridized carbons (Fsp3) is 0.632. The SMILES string of the molecule is CC(C)(C)OC(=O)N1C[C@@H]([N+](=O)[O-])[C@H](c2ccc(F)c(F)c2)CC1CC(O)CO. The van der Waals surface area contributed by atoms with E-state index in [9.17, 15) is 33.9 Å². The standard InChI is InChI=1S/C19H26F2N2O6/c1-19(2,3)29-18(26)22-9-17(23(27)28)14(8-12(22)7-13(25)10-24)11-4-5-15(20)16(21)6-11/h4-6,12-14,17,24-25H,7-10H2,1-3H3/t12?,13?,14-,17+/m0/s1. The average molecular weight is 416 g/mol. The minimum Gasteiger partial charge on any atom is -0.444 e. The van der Waals surface area contributed by atoms with Crippen molar-refractivity contribution in [2.45, 2.75) is 63.3 Å². The van der Waals surface area contributed by atoms with Gasteiger partial charge in [-0.05, 0) is 51.3 Å². The van der Waals surface area contributed by atoms with Gasteiger partial charge in [0.15, 0.2) is 11.6 Å². The number of ether oxygens (including phenoxy) is 1. The number of benzene rings is 1. The summed E-state index contributed by atoms with van der Waals surface area (Å²) >= 11 is 0. The van der Waals surface area contributed by atoms with Crippen LogP contribution in [-0.4, -0.2) is 63.1 Å². The maximum absolute atomic E-state index is 13.7. The monoisotopic (exact) mass is 416 g/mol.